The second-order valence-electron chi connectivity index (χ2n) is 5.09. The summed E-state index contributed by atoms with van der Waals surface area (Å²) in [5, 5.41) is 9.49. The van der Waals surface area contributed by atoms with E-state index >= 15 is 0 Å². The van der Waals surface area contributed by atoms with Gasteiger partial charge in [-0.2, -0.15) is 5.26 Å². The van der Waals surface area contributed by atoms with E-state index in [0.29, 0.717) is 29.4 Å². The zero-order valence-electron chi connectivity index (χ0n) is 13.1. The van der Waals surface area contributed by atoms with Gasteiger partial charge in [0.05, 0.1) is 22.4 Å². The smallest absolute Gasteiger partial charge is 0.233 e. The molecule has 5 heteroatoms. The summed E-state index contributed by atoms with van der Waals surface area (Å²) in [7, 11) is 0. The van der Waals surface area contributed by atoms with Crippen LogP contribution >= 0.6 is 23.4 Å². The molecule has 2 aromatic rings. The molecule has 2 aromatic carbocycles. The van der Waals surface area contributed by atoms with E-state index in [4.69, 9.17) is 16.9 Å². The van der Waals surface area contributed by atoms with Gasteiger partial charge in [-0.1, -0.05) is 41.9 Å². The maximum absolute atomic E-state index is 12.5. The number of nitrogens with zero attached hydrogens (tertiary/aromatic N) is 2. The molecule has 0 aliphatic heterocycles. The zero-order chi connectivity index (χ0) is 17.4. The molecule has 0 aromatic heterocycles. The van der Waals surface area contributed by atoms with Crippen molar-refractivity contribution in [2.45, 2.75) is 11.4 Å². The largest absolute Gasteiger partial charge is 0.334 e. The normalized spacial score (nSPS) is 10.0. The molecule has 0 fully saturated rings. The Balaban J connectivity index is 2.00. The summed E-state index contributed by atoms with van der Waals surface area (Å²) in [6.07, 6.45) is 1.71. The zero-order valence-corrected chi connectivity index (χ0v) is 14.7. The molecule has 24 heavy (non-hydrogen) atoms. The molecule has 0 aliphatic rings. The number of rotatable bonds is 7. The molecule has 3 nitrogen and oxygen atoms in total. The van der Waals surface area contributed by atoms with Crippen LogP contribution in [0, 0.1) is 11.3 Å². The lowest BCUT2D eigenvalue weighted by Crippen LogP contribution is -2.32. The van der Waals surface area contributed by atoms with E-state index in [2.05, 4.69) is 12.6 Å². The summed E-state index contributed by atoms with van der Waals surface area (Å²) in [5.74, 6) is 0.331. The van der Waals surface area contributed by atoms with Crippen molar-refractivity contribution in [2.24, 2.45) is 0 Å². The number of thioether (sulfide) groups is 1. The van der Waals surface area contributed by atoms with Crippen LogP contribution in [-0.2, 0) is 11.3 Å². The number of nitriles is 1. The lowest BCUT2D eigenvalue weighted by atomic mass is 10.1. The van der Waals surface area contributed by atoms with E-state index in [1.807, 2.05) is 36.4 Å². The molecule has 0 spiro atoms. The molecule has 0 N–H and O–H groups in total. The molecule has 2 rings (SSSR count). The third-order valence-electron chi connectivity index (χ3n) is 3.35. The van der Waals surface area contributed by atoms with Crippen molar-refractivity contribution in [1.82, 2.24) is 4.90 Å². The van der Waals surface area contributed by atoms with Gasteiger partial charge in [-0.15, -0.1) is 18.3 Å². The first-order valence-corrected chi connectivity index (χ1v) is 8.75. The first-order chi connectivity index (χ1) is 11.6. The maximum Gasteiger partial charge on any atom is 0.233 e. The van der Waals surface area contributed by atoms with Crippen molar-refractivity contribution < 1.29 is 4.79 Å². The number of amides is 1. The average Bonchev–Trinajstić information content (AvgIpc) is 2.61. The number of hydrogen-bond acceptors (Lipinski definition) is 3. The molecule has 0 saturated heterocycles. The van der Waals surface area contributed by atoms with Gasteiger partial charge in [0.25, 0.3) is 0 Å². The van der Waals surface area contributed by atoms with E-state index in [-0.39, 0.29) is 5.91 Å². The van der Waals surface area contributed by atoms with Gasteiger partial charge in [0, 0.05) is 18.0 Å². The van der Waals surface area contributed by atoms with E-state index in [1.54, 1.807) is 23.1 Å². The molecule has 0 radical (unpaired) electrons. The Labute approximate surface area is 151 Å². The van der Waals surface area contributed by atoms with Crippen molar-refractivity contribution >= 4 is 29.3 Å². The topological polar surface area (TPSA) is 44.1 Å². The lowest BCUT2D eigenvalue weighted by molar-refractivity contribution is -0.128. The minimum atomic E-state index is 0.0178. The minimum absolute atomic E-state index is 0.0178. The molecule has 122 valence electrons. The van der Waals surface area contributed by atoms with Crippen molar-refractivity contribution in [3.05, 3.63) is 77.3 Å². The third kappa shape index (κ3) is 5.16. The molecule has 0 atom stereocenters. The molecule has 0 heterocycles. The Morgan fingerprint density at radius 2 is 1.96 bits per heavy atom. The second kappa shape index (κ2) is 9.17. The fourth-order valence-electron chi connectivity index (χ4n) is 2.11. The lowest BCUT2D eigenvalue weighted by Gasteiger charge is -2.21. The molecule has 0 unspecified atom stereocenters. The van der Waals surface area contributed by atoms with Crippen LogP contribution in [0.5, 0.6) is 0 Å². The number of halogens is 1. The predicted molar refractivity (Wildman–Crippen MR) is 98.9 cm³/mol. The number of hydrogen-bond donors (Lipinski definition) is 0. The number of benzene rings is 2. The molecular weight excluding hydrogens is 340 g/mol. The van der Waals surface area contributed by atoms with Gasteiger partial charge in [0.15, 0.2) is 0 Å². The van der Waals surface area contributed by atoms with Gasteiger partial charge in [0.1, 0.15) is 0 Å². The summed E-state index contributed by atoms with van der Waals surface area (Å²) in [5.41, 5.74) is 1.58. The van der Waals surface area contributed by atoms with Gasteiger partial charge in [-0.3, -0.25) is 4.79 Å². The van der Waals surface area contributed by atoms with Crippen LogP contribution in [0.1, 0.15) is 11.1 Å². The van der Waals surface area contributed by atoms with E-state index in [1.165, 1.54) is 11.8 Å². The van der Waals surface area contributed by atoms with Crippen molar-refractivity contribution in [3.63, 3.8) is 0 Å². The van der Waals surface area contributed by atoms with Crippen LogP contribution in [-0.4, -0.2) is 23.1 Å². The summed E-state index contributed by atoms with van der Waals surface area (Å²) in [6.45, 7) is 4.68. The van der Waals surface area contributed by atoms with Crippen LogP contribution in [0.15, 0.2) is 66.1 Å². The summed E-state index contributed by atoms with van der Waals surface area (Å²) >= 11 is 7.54. The Morgan fingerprint density at radius 3 is 2.58 bits per heavy atom. The highest BCUT2D eigenvalue weighted by molar-refractivity contribution is 8.00. The molecule has 1 amide bonds. The monoisotopic (exact) mass is 356 g/mol. The molecule has 0 bridgehead atoms. The predicted octanol–water partition coefficient (Wildman–Crippen LogP) is 4.52. The van der Waals surface area contributed by atoms with Gasteiger partial charge in [-0.25, -0.2) is 0 Å². The minimum Gasteiger partial charge on any atom is -0.334 e. The molecule has 0 aliphatic carbocycles. The Kier molecular flexibility index (Phi) is 6.92. The average molecular weight is 357 g/mol. The van der Waals surface area contributed by atoms with Crippen molar-refractivity contribution in [1.29, 1.82) is 5.26 Å². The SMILES string of the molecule is C=CCN(Cc1ccc(C#N)cc1)C(=O)CSc1ccccc1Cl. The second-order valence-corrected chi connectivity index (χ2v) is 6.52. The Hall–Kier alpha value is -2.22. The van der Waals surface area contributed by atoms with Gasteiger partial charge in [-0.05, 0) is 29.8 Å². The highest BCUT2D eigenvalue weighted by atomic mass is 35.5. The number of carbonyl (C=O) groups excluding carboxylic acids is 1. The quantitative estimate of drug-likeness (QED) is 0.541. The fourth-order valence-corrected chi connectivity index (χ4v) is 3.25. The summed E-state index contributed by atoms with van der Waals surface area (Å²) in [6, 6.07) is 16.8. The van der Waals surface area contributed by atoms with E-state index in [0.717, 1.165) is 10.5 Å². The van der Waals surface area contributed by atoms with Crippen LogP contribution in [0.2, 0.25) is 5.02 Å². The third-order valence-corrected chi connectivity index (χ3v) is 4.85. The Bertz CT molecular complexity index is 753. The number of carbonyl (C=O) groups is 1. The van der Waals surface area contributed by atoms with Gasteiger partial charge >= 0.3 is 0 Å². The summed E-state index contributed by atoms with van der Waals surface area (Å²) < 4.78 is 0. The van der Waals surface area contributed by atoms with Crippen LogP contribution in [0.25, 0.3) is 0 Å². The first kappa shape index (κ1) is 18.1. The highest BCUT2D eigenvalue weighted by Crippen LogP contribution is 2.26. The van der Waals surface area contributed by atoms with Crippen LogP contribution in [0.3, 0.4) is 0 Å². The van der Waals surface area contributed by atoms with Crippen LogP contribution in [0.4, 0.5) is 0 Å². The van der Waals surface area contributed by atoms with E-state index in [9.17, 15) is 4.79 Å². The summed E-state index contributed by atoms with van der Waals surface area (Å²) in [4.78, 5) is 15.1. The first-order valence-electron chi connectivity index (χ1n) is 7.39. The van der Waals surface area contributed by atoms with Crippen molar-refractivity contribution in [2.75, 3.05) is 12.3 Å². The molecular formula is C19H17ClN2OS. The van der Waals surface area contributed by atoms with Gasteiger partial charge < -0.3 is 4.90 Å². The van der Waals surface area contributed by atoms with E-state index < -0.39 is 0 Å². The maximum atomic E-state index is 12.5. The fraction of sp³-hybridized carbons (Fsp3) is 0.158. The van der Waals surface area contributed by atoms with Crippen molar-refractivity contribution in [3.8, 4) is 6.07 Å². The van der Waals surface area contributed by atoms with Gasteiger partial charge in [0.2, 0.25) is 5.91 Å². The van der Waals surface area contributed by atoms with Crippen LogP contribution < -0.4 is 0 Å². The molecule has 0 saturated carbocycles. The Morgan fingerprint density at radius 1 is 1.25 bits per heavy atom. The highest BCUT2D eigenvalue weighted by Gasteiger charge is 2.14. The standard InChI is InChI=1S/C19H17ClN2OS/c1-2-11-22(13-16-9-7-15(12-21)8-10-16)19(23)14-24-18-6-4-3-5-17(18)20/h2-10H,1,11,13-14H2.